The molecule has 0 aromatic heterocycles. The first-order valence-corrected chi connectivity index (χ1v) is 14.7. The zero-order valence-electron chi connectivity index (χ0n) is 24.1. The molecule has 2 N–H and O–H groups in total. The smallest absolute Gasteiger partial charge is 0.857 e. The Bertz CT molecular complexity index is 1650. The molecule has 0 fully saturated rings. The van der Waals surface area contributed by atoms with E-state index >= 15 is 0 Å². The molecular weight excluding hydrogens is 646 g/mol. The number of phenolic OH excluding ortho intramolecular Hbond substituents is 1. The first kappa shape index (κ1) is 38.4. The standard InChI is InChI=1S/C28H28F7N3O5S.Na/c1-2-3-4-5-6-7-8-17-9-12-19(13-10-17)37-38-23-22(44(41,42)43)15-18-11-14-20(16-21(18)24(23)39)36-25(40)26(29,30)27(31,32)28(33,34)35;/h9-16,39H,2-8H2,1H3,(H,36,40)(H,41,42,43);/q;+1/p-1. The van der Waals surface area contributed by atoms with Gasteiger partial charge in [-0.1, -0.05) is 57.2 Å². The van der Waals surface area contributed by atoms with Crippen molar-refractivity contribution in [2.75, 3.05) is 0 Å². The van der Waals surface area contributed by atoms with Gasteiger partial charge in [0.25, 0.3) is 10.1 Å². The van der Waals surface area contributed by atoms with Crippen LogP contribution in [0.3, 0.4) is 0 Å². The van der Waals surface area contributed by atoms with Gasteiger partial charge in [0, 0.05) is 11.3 Å². The Morgan fingerprint density at radius 1 is 0.844 bits per heavy atom. The first-order valence-electron chi connectivity index (χ1n) is 13.3. The SMILES string of the molecule is CCCCCCCCc1ccc(N=Nc2c(S(=O)(=O)O)cc3ccc(N=C([O-])C(F)(F)C(F)(F)C(F)(F)F)cc3c2O)cc1.[Na+]. The van der Waals surface area contributed by atoms with Crippen LogP contribution in [-0.4, -0.2) is 42.0 Å². The fourth-order valence-corrected chi connectivity index (χ4v) is 4.80. The Kier molecular flexibility index (Phi) is 13.0. The maximum Gasteiger partial charge on any atom is 1.00 e. The number of hydrogen-bond acceptors (Lipinski definition) is 7. The number of hydrogen-bond donors (Lipinski definition) is 2. The third-order valence-corrected chi connectivity index (χ3v) is 7.45. The fraction of sp³-hybridized carbons (Fsp3) is 0.393. The Morgan fingerprint density at radius 2 is 1.42 bits per heavy atom. The molecule has 0 amide bonds. The van der Waals surface area contributed by atoms with Crippen molar-refractivity contribution in [1.82, 2.24) is 0 Å². The van der Waals surface area contributed by atoms with Gasteiger partial charge in [-0.05, 0) is 54.1 Å². The Morgan fingerprint density at radius 3 is 2.00 bits per heavy atom. The van der Waals surface area contributed by atoms with E-state index in [1.54, 1.807) is 24.3 Å². The van der Waals surface area contributed by atoms with Crippen molar-refractivity contribution in [3.8, 4) is 5.75 Å². The molecule has 3 aromatic carbocycles. The zero-order valence-corrected chi connectivity index (χ0v) is 26.9. The van der Waals surface area contributed by atoms with Crippen molar-refractivity contribution in [3.05, 3.63) is 54.1 Å². The van der Waals surface area contributed by atoms with Gasteiger partial charge >= 0.3 is 47.6 Å². The maximum atomic E-state index is 13.7. The molecule has 0 spiro atoms. The van der Waals surface area contributed by atoms with Gasteiger partial charge in [-0.3, -0.25) is 9.55 Å². The van der Waals surface area contributed by atoms with E-state index in [0.29, 0.717) is 12.1 Å². The van der Waals surface area contributed by atoms with E-state index in [4.69, 9.17) is 0 Å². The van der Waals surface area contributed by atoms with Gasteiger partial charge in [-0.2, -0.15) is 44.3 Å². The van der Waals surface area contributed by atoms with Crippen molar-refractivity contribution in [2.45, 2.75) is 74.8 Å². The summed E-state index contributed by atoms with van der Waals surface area (Å²) >= 11 is 0. The van der Waals surface area contributed by atoms with Gasteiger partial charge in [0.15, 0.2) is 5.75 Å². The molecule has 0 saturated heterocycles. The number of unbranched alkanes of at least 4 members (excludes halogenated alkanes) is 5. The van der Waals surface area contributed by atoms with Gasteiger partial charge in [0.05, 0.1) is 11.4 Å². The van der Waals surface area contributed by atoms with Crippen LogP contribution in [0.2, 0.25) is 0 Å². The molecule has 45 heavy (non-hydrogen) atoms. The minimum atomic E-state index is -6.76. The summed E-state index contributed by atoms with van der Waals surface area (Å²) < 4.78 is 125. The van der Waals surface area contributed by atoms with E-state index < -0.39 is 61.4 Å². The molecule has 8 nitrogen and oxygen atoms in total. The average molecular weight is 674 g/mol. The van der Waals surface area contributed by atoms with Gasteiger partial charge in [-0.15, -0.1) is 5.11 Å². The van der Waals surface area contributed by atoms with Gasteiger partial charge in [0.1, 0.15) is 10.6 Å². The zero-order chi connectivity index (χ0) is 32.9. The molecular formula is C28H27F7N3NaO5S. The van der Waals surface area contributed by atoms with Gasteiger partial charge < -0.3 is 10.2 Å². The molecule has 0 atom stereocenters. The number of halogens is 7. The minimum Gasteiger partial charge on any atom is -0.857 e. The van der Waals surface area contributed by atoms with Crippen LogP contribution in [0, 0.1) is 0 Å². The summed E-state index contributed by atoms with van der Waals surface area (Å²) in [6, 6.07) is 9.73. The van der Waals surface area contributed by atoms with Crippen molar-refractivity contribution in [1.29, 1.82) is 0 Å². The van der Waals surface area contributed by atoms with Crippen molar-refractivity contribution in [3.63, 3.8) is 0 Å². The van der Waals surface area contributed by atoms with Crippen molar-refractivity contribution in [2.24, 2.45) is 15.2 Å². The second kappa shape index (κ2) is 15.2. The summed E-state index contributed by atoms with van der Waals surface area (Å²) in [5.74, 6) is -17.1. The first-order chi connectivity index (χ1) is 20.4. The third kappa shape index (κ3) is 9.15. The third-order valence-electron chi connectivity index (χ3n) is 6.58. The maximum absolute atomic E-state index is 13.7. The summed E-state index contributed by atoms with van der Waals surface area (Å²) in [5.41, 5.74) is -0.455. The predicted octanol–water partition coefficient (Wildman–Crippen LogP) is 5.34. The quantitative estimate of drug-likeness (QED) is 0.0481. The van der Waals surface area contributed by atoms with E-state index in [-0.39, 0.29) is 40.6 Å². The summed E-state index contributed by atoms with van der Waals surface area (Å²) in [6.45, 7) is 2.13. The monoisotopic (exact) mass is 673 g/mol. The number of fused-ring (bicyclic) bond motifs is 1. The molecule has 0 aliphatic heterocycles. The normalized spacial score (nSPS) is 13.4. The summed E-state index contributed by atoms with van der Waals surface area (Å²) in [7, 11) is -5.04. The molecule has 3 aromatic rings. The van der Waals surface area contributed by atoms with Crippen LogP contribution in [-0.2, 0) is 16.5 Å². The van der Waals surface area contributed by atoms with Crippen molar-refractivity contribution >= 4 is 43.9 Å². The van der Waals surface area contributed by atoms with Crippen LogP contribution in [0.4, 0.5) is 47.8 Å². The Hall–Kier alpha value is -2.79. The second-order valence-electron chi connectivity index (χ2n) is 9.90. The van der Waals surface area contributed by atoms with E-state index in [0.717, 1.165) is 49.8 Å². The number of azo groups is 1. The number of rotatable bonds is 13. The largest absolute Gasteiger partial charge is 1.00 e. The second-order valence-corrected chi connectivity index (χ2v) is 11.3. The predicted molar refractivity (Wildman–Crippen MR) is 146 cm³/mol. The number of alkyl halides is 7. The molecule has 3 rings (SSSR count). The summed E-state index contributed by atoms with van der Waals surface area (Å²) in [5, 5.41) is 29.4. The summed E-state index contributed by atoms with van der Waals surface area (Å²) in [4.78, 5) is 1.73. The molecule has 0 bridgehead atoms. The van der Waals surface area contributed by atoms with Crippen LogP contribution < -0.4 is 34.7 Å². The van der Waals surface area contributed by atoms with Crippen LogP contribution in [0.15, 0.2) is 68.6 Å². The molecule has 0 heterocycles. The van der Waals surface area contributed by atoms with Crippen LogP contribution in [0.1, 0.15) is 51.0 Å². The molecule has 0 aliphatic rings. The van der Waals surface area contributed by atoms with Crippen molar-refractivity contribution < 1.29 is 83.5 Å². The van der Waals surface area contributed by atoms with E-state index in [9.17, 15) is 53.9 Å². The number of aliphatic imine (C=N–C) groups is 1. The molecule has 240 valence electrons. The molecule has 0 radical (unpaired) electrons. The average Bonchev–Trinajstić information content (AvgIpc) is 2.94. The van der Waals surface area contributed by atoms with Gasteiger partial charge in [-0.25, -0.2) is 0 Å². The van der Waals surface area contributed by atoms with E-state index in [2.05, 4.69) is 22.1 Å². The summed E-state index contributed by atoms with van der Waals surface area (Å²) in [6.07, 6.45) is 0.763. The topological polar surface area (TPSA) is 135 Å². The van der Waals surface area contributed by atoms with Crippen LogP contribution >= 0.6 is 0 Å². The van der Waals surface area contributed by atoms with E-state index in [1.165, 1.54) is 12.8 Å². The minimum absolute atomic E-state index is 0. The fourth-order valence-electron chi connectivity index (χ4n) is 4.14. The van der Waals surface area contributed by atoms with Gasteiger partial charge in [0.2, 0.25) is 0 Å². The van der Waals surface area contributed by atoms with Crippen LogP contribution in [0.5, 0.6) is 5.75 Å². The van der Waals surface area contributed by atoms with Crippen LogP contribution in [0.25, 0.3) is 10.8 Å². The number of benzene rings is 3. The number of phenols is 1. The number of aromatic hydroxyl groups is 1. The van der Waals surface area contributed by atoms with E-state index in [1.807, 2.05) is 0 Å². The molecule has 0 unspecified atom stereocenters. The molecule has 0 saturated carbocycles. The molecule has 17 heteroatoms. The number of aryl methyl sites for hydroxylation is 1. The Labute approximate surface area is 276 Å². The molecule has 0 aliphatic carbocycles. The Balaban J connectivity index is 0.00000705. The number of nitrogens with zero attached hydrogens (tertiary/aromatic N) is 3.